The normalized spacial score (nSPS) is 19.2. The summed E-state index contributed by atoms with van der Waals surface area (Å²) in [5.41, 5.74) is 0. The molecule has 1 fully saturated rings. The first-order chi connectivity index (χ1) is 8.52. The van der Waals surface area contributed by atoms with Gasteiger partial charge in [-0.15, -0.1) is 0 Å². The maximum Gasteiger partial charge on any atom is 0.326 e. The van der Waals surface area contributed by atoms with Crippen molar-refractivity contribution in [2.75, 3.05) is 19.6 Å². The third kappa shape index (κ3) is 4.91. The minimum Gasteiger partial charge on any atom is -0.480 e. The van der Waals surface area contributed by atoms with E-state index in [4.69, 9.17) is 5.11 Å². The molecule has 1 rings (SSSR count). The minimum absolute atomic E-state index is 0.0226. The number of urea groups is 1. The van der Waals surface area contributed by atoms with Gasteiger partial charge in [0, 0.05) is 12.6 Å². The highest BCUT2D eigenvalue weighted by molar-refractivity contribution is 5.82. The van der Waals surface area contributed by atoms with Crippen LogP contribution in [-0.2, 0) is 4.79 Å². The molecule has 104 valence electrons. The Morgan fingerprint density at radius 1 is 1.28 bits per heavy atom. The largest absolute Gasteiger partial charge is 0.480 e. The van der Waals surface area contributed by atoms with Gasteiger partial charge in [0.25, 0.3) is 0 Å². The Morgan fingerprint density at radius 2 is 1.89 bits per heavy atom. The molecule has 6 nitrogen and oxygen atoms in total. The Balaban J connectivity index is 2.27. The lowest BCUT2D eigenvalue weighted by molar-refractivity contribution is -0.139. The van der Waals surface area contributed by atoms with Crippen LogP contribution in [0.5, 0.6) is 0 Å². The molecule has 0 bridgehead atoms. The van der Waals surface area contributed by atoms with Crippen LogP contribution in [0.15, 0.2) is 0 Å². The van der Waals surface area contributed by atoms with E-state index < -0.39 is 18.0 Å². The number of carboxylic acid groups (broad SMARTS) is 1. The fourth-order valence-electron chi connectivity index (χ4n) is 2.16. The number of rotatable bonds is 6. The molecular formula is C12H23N3O3. The van der Waals surface area contributed by atoms with Crippen molar-refractivity contribution in [2.24, 2.45) is 0 Å². The summed E-state index contributed by atoms with van der Waals surface area (Å²) in [6, 6.07) is -1.20. The van der Waals surface area contributed by atoms with Gasteiger partial charge in [-0.05, 0) is 39.3 Å². The zero-order valence-corrected chi connectivity index (χ0v) is 11.1. The van der Waals surface area contributed by atoms with Gasteiger partial charge in [0.15, 0.2) is 0 Å². The number of likely N-dealkylation sites (tertiary alicyclic amines) is 1. The molecule has 0 saturated carbocycles. The third-order valence-electron chi connectivity index (χ3n) is 3.12. The number of nitrogens with zero attached hydrogens (tertiary/aromatic N) is 1. The molecule has 2 amide bonds. The molecule has 1 aliphatic rings. The van der Waals surface area contributed by atoms with E-state index in [1.165, 1.54) is 12.8 Å². The van der Waals surface area contributed by atoms with E-state index in [-0.39, 0.29) is 6.04 Å². The second-order valence-electron chi connectivity index (χ2n) is 4.83. The molecule has 0 radical (unpaired) electrons. The number of carbonyl (C=O) groups excluding carboxylic acids is 1. The third-order valence-corrected chi connectivity index (χ3v) is 3.12. The summed E-state index contributed by atoms with van der Waals surface area (Å²) in [6.07, 6.45) is 2.81. The number of nitrogens with one attached hydrogen (secondary N) is 2. The zero-order chi connectivity index (χ0) is 13.5. The van der Waals surface area contributed by atoms with E-state index in [1.807, 2.05) is 6.92 Å². The van der Waals surface area contributed by atoms with Crippen molar-refractivity contribution in [1.29, 1.82) is 0 Å². The van der Waals surface area contributed by atoms with Crippen molar-refractivity contribution in [1.82, 2.24) is 15.5 Å². The van der Waals surface area contributed by atoms with Gasteiger partial charge in [0.1, 0.15) is 6.04 Å². The van der Waals surface area contributed by atoms with Gasteiger partial charge < -0.3 is 20.6 Å². The van der Waals surface area contributed by atoms with Gasteiger partial charge in [0.05, 0.1) is 0 Å². The van der Waals surface area contributed by atoms with Crippen LogP contribution in [0.1, 0.15) is 33.1 Å². The Labute approximate surface area is 108 Å². The molecule has 3 N–H and O–H groups in total. The van der Waals surface area contributed by atoms with E-state index in [2.05, 4.69) is 15.5 Å². The lowest BCUT2D eigenvalue weighted by Gasteiger charge is -2.22. The average molecular weight is 257 g/mol. The van der Waals surface area contributed by atoms with Gasteiger partial charge in [-0.3, -0.25) is 0 Å². The molecule has 0 aromatic heterocycles. The van der Waals surface area contributed by atoms with Crippen molar-refractivity contribution in [2.45, 2.75) is 45.2 Å². The Hall–Kier alpha value is -1.30. The van der Waals surface area contributed by atoms with Crippen LogP contribution in [0.3, 0.4) is 0 Å². The second-order valence-corrected chi connectivity index (χ2v) is 4.83. The van der Waals surface area contributed by atoms with Crippen LogP contribution in [0, 0.1) is 0 Å². The van der Waals surface area contributed by atoms with Crippen molar-refractivity contribution in [3.05, 3.63) is 0 Å². The second kappa shape index (κ2) is 7.20. The summed E-state index contributed by atoms with van der Waals surface area (Å²) in [7, 11) is 0. The Morgan fingerprint density at radius 3 is 2.39 bits per heavy atom. The monoisotopic (exact) mass is 257 g/mol. The van der Waals surface area contributed by atoms with E-state index in [0.29, 0.717) is 6.42 Å². The number of carboxylic acids is 1. The highest BCUT2D eigenvalue weighted by Gasteiger charge is 2.20. The lowest BCUT2D eigenvalue weighted by Crippen LogP contribution is -2.50. The summed E-state index contributed by atoms with van der Waals surface area (Å²) in [5.74, 6) is -1.00. The maximum atomic E-state index is 11.6. The van der Waals surface area contributed by atoms with Gasteiger partial charge in [-0.25, -0.2) is 9.59 Å². The van der Waals surface area contributed by atoms with Crippen LogP contribution >= 0.6 is 0 Å². The number of carbonyl (C=O) groups is 2. The molecular weight excluding hydrogens is 234 g/mol. The van der Waals surface area contributed by atoms with Gasteiger partial charge in [-0.1, -0.05) is 6.92 Å². The first kappa shape index (κ1) is 14.8. The van der Waals surface area contributed by atoms with Crippen LogP contribution < -0.4 is 10.6 Å². The summed E-state index contributed by atoms with van der Waals surface area (Å²) < 4.78 is 0. The topological polar surface area (TPSA) is 81.7 Å². The number of aliphatic carboxylic acids is 1. The van der Waals surface area contributed by atoms with Crippen molar-refractivity contribution in [3.63, 3.8) is 0 Å². The molecule has 1 unspecified atom stereocenters. The molecule has 1 heterocycles. The van der Waals surface area contributed by atoms with Gasteiger partial charge in [-0.2, -0.15) is 0 Å². The van der Waals surface area contributed by atoms with Gasteiger partial charge in [0.2, 0.25) is 0 Å². The Kier molecular flexibility index (Phi) is 5.91. The van der Waals surface area contributed by atoms with Gasteiger partial charge >= 0.3 is 12.0 Å². The fraction of sp³-hybridized carbons (Fsp3) is 0.833. The predicted octanol–water partition coefficient (Wildman–Crippen LogP) is 0.633. The molecule has 2 atom stereocenters. The molecule has 1 aliphatic heterocycles. The maximum absolute atomic E-state index is 11.6. The smallest absolute Gasteiger partial charge is 0.326 e. The van der Waals surface area contributed by atoms with E-state index in [1.54, 1.807) is 6.92 Å². The molecule has 0 aromatic carbocycles. The minimum atomic E-state index is -1.00. The fourth-order valence-corrected chi connectivity index (χ4v) is 2.16. The molecule has 0 spiro atoms. The van der Waals surface area contributed by atoms with E-state index >= 15 is 0 Å². The highest BCUT2D eigenvalue weighted by Crippen LogP contribution is 2.07. The van der Waals surface area contributed by atoms with Crippen LogP contribution in [0.2, 0.25) is 0 Å². The summed E-state index contributed by atoms with van der Waals surface area (Å²) in [6.45, 7) is 6.64. The molecule has 1 saturated heterocycles. The lowest BCUT2D eigenvalue weighted by atomic mass is 10.2. The van der Waals surface area contributed by atoms with Crippen molar-refractivity contribution in [3.8, 4) is 0 Å². The van der Waals surface area contributed by atoms with Crippen molar-refractivity contribution >= 4 is 12.0 Å². The quantitative estimate of drug-likeness (QED) is 0.652. The SMILES string of the molecule is CC[C@H](NC(=O)NC(C)CN1CCCC1)C(=O)O. The van der Waals surface area contributed by atoms with E-state index in [9.17, 15) is 9.59 Å². The molecule has 0 aliphatic carbocycles. The Bertz CT molecular complexity index is 290. The average Bonchev–Trinajstić information content (AvgIpc) is 2.77. The summed E-state index contributed by atoms with van der Waals surface area (Å²) in [5, 5.41) is 14.1. The van der Waals surface area contributed by atoms with Crippen LogP contribution in [0.4, 0.5) is 4.79 Å². The standard InChI is InChI=1S/C12H23N3O3/c1-3-10(11(16)17)14-12(18)13-9(2)8-15-6-4-5-7-15/h9-10H,3-8H2,1-2H3,(H,16,17)(H2,13,14,18)/t9?,10-/m0/s1. The van der Waals surface area contributed by atoms with Crippen LogP contribution in [-0.4, -0.2) is 53.7 Å². The molecule has 0 aromatic rings. The zero-order valence-electron chi connectivity index (χ0n) is 11.1. The highest BCUT2D eigenvalue weighted by atomic mass is 16.4. The first-order valence-electron chi connectivity index (χ1n) is 6.55. The number of hydrogen-bond donors (Lipinski definition) is 3. The van der Waals surface area contributed by atoms with Crippen LogP contribution in [0.25, 0.3) is 0 Å². The molecule has 6 heteroatoms. The van der Waals surface area contributed by atoms with Crippen molar-refractivity contribution < 1.29 is 14.7 Å². The number of hydrogen-bond acceptors (Lipinski definition) is 3. The molecule has 18 heavy (non-hydrogen) atoms. The van der Waals surface area contributed by atoms with E-state index in [0.717, 1.165) is 19.6 Å². The summed E-state index contributed by atoms with van der Waals surface area (Å²) >= 11 is 0. The number of amides is 2. The predicted molar refractivity (Wildman–Crippen MR) is 68.5 cm³/mol. The summed E-state index contributed by atoms with van der Waals surface area (Å²) in [4.78, 5) is 24.7. The first-order valence-corrected chi connectivity index (χ1v) is 6.55.